The zero-order valence-corrected chi connectivity index (χ0v) is 15.6. The van der Waals surface area contributed by atoms with E-state index in [1.165, 1.54) is 24.3 Å². The Morgan fingerprint density at radius 2 is 1.71 bits per heavy atom. The van der Waals surface area contributed by atoms with Gasteiger partial charge in [0.05, 0.1) is 15.6 Å². The second kappa shape index (κ2) is 8.84. The van der Waals surface area contributed by atoms with E-state index in [0.717, 1.165) is 0 Å². The molecule has 0 aliphatic carbocycles. The summed E-state index contributed by atoms with van der Waals surface area (Å²) in [6, 6.07) is 9.25. The van der Waals surface area contributed by atoms with E-state index in [2.05, 4.69) is 0 Å². The summed E-state index contributed by atoms with van der Waals surface area (Å²) in [5.74, 6) is -0.230. The predicted octanol–water partition coefficient (Wildman–Crippen LogP) is 6.56. The highest BCUT2D eigenvalue weighted by Gasteiger charge is 2.16. The molecule has 0 atom stereocenters. The molecule has 126 valence electrons. The normalized spacial score (nSPS) is 10.2. The zero-order chi connectivity index (χ0) is 17.7. The van der Waals surface area contributed by atoms with E-state index in [1.807, 2.05) is 0 Å². The van der Waals surface area contributed by atoms with Crippen LogP contribution in [0.1, 0.15) is 10.4 Å². The summed E-state index contributed by atoms with van der Waals surface area (Å²) in [5.41, 5.74) is 0.275. The number of esters is 1. The van der Waals surface area contributed by atoms with Crippen LogP contribution in [0, 0.1) is 0 Å². The van der Waals surface area contributed by atoms with E-state index in [0.29, 0.717) is 10.8 Å². The second-order valence-electron chi connectivity index (χ2n) is 4.42. The van der Waals surface area contributed by atoms with E-state index in [-0.39, 0.29) is 32.5 Å². The highest BCUT2D eigenvalue weighted by Crippen LogP contribution is 2.37. The number of rotatable bonds is 5. The van der Waals surface area contributed by atoms with Crippen LogP contribution < -0.4 is 9.47 Å². The highest BCUT2D eigenvalue weighted by atomic mass is 35.5. The number of carbonyl (C=O) groups is 1. The Kier molecular flexibility index (Phi) is 7.08. The molecular weight excluding hydrogens is 417 g/mol. The third kappa shape index (κ3) is 5.47. The lowest BCUT2D eigenvalue weighted by Crippen LogP contribution is -2.09. The van der Waals surface area contributed by atoms with E-state index in [9.17, 15) is 4.79 Å². The van der Waals surface area contributed by atoms with Crippen LogP contribution in [-0.4, -0.2) is 12.6 Å². The summed E-state index contributed by atoms with van der Waals surface area (Å²) in [4.78, 5) is 12.1. The molecule has 0 unspecified atom stereocenters. The van der Waals surface area contributed by atoms with Crippen molar-refractivity contribution in [2.24, 2.45) is 0 Å². The van der Waals surface area contributed by atoms with Crippen LogP contribution in [0.4, 0.5) is 0 Å². The largest absolute Gasteiger partial charge is 0.489 e. The average Bonchev–Trinajstić information content (AvgIpc) is 2.50. The van der Waals surface area contributed by atoms with Crippen LogP contribution in [0.2, 0.25) is 15.1 Å². The third-order valence-electron chi connectivity index (χ3n) is 2.71. The molecule has 0 saturated carbocycles. The van der Waals surface area contributed by atoms with Gasteiger partial charge >= 0.3 is 5.97 Å². The van der Waals surface area contributed by atoms with Gasteiger partial charge < -0.3 is 9.47 Å². The van der Waals surface area contributed by atoms with Gasteiger partial charge in [-0.15, -0.1) is 0 Å². The first kappa shape index (κ1) is 19.2. The highest BCUT2D eigenvalue weighted by molar-refractivity contribution is 6.55. The molecule has 0 aliphatic heterocycles. The summed E-state index contributed by atoms with van der Waals surface area (Å²) in [5, 5.41) is 0.652. The molecule has 3 nitrogen and oxygen atoms in total. The number of halogens is 5. The van der Waals surface area contributed by atoms with Crippen molar-refractivity contribution >= 4 is 64.0 Å². The molecule has 0 fully saturated rings. The molecule has 2 rings (SSSR count). The molecule has 8 heteroatoms. The molecule has 0 N–H and O–H groups in total. The summed E-state index contributed by atoms with van der Waals surface area (Å²) >= 11 is 29.0. The summed E-state index contributed by atoms with van der Waals surface area (Å²) < 4.78 is 10.7. The monoisotopic (exact) mass is 424 g/mol. The smallest absolute Gasteiger partial charge is 0.343 e. The fourth-order valence-corrected chi connectivity index (χ4v) is 2.55. The molecule has 0 amide bonds. The fourth-order valence-electron chi connectivity index (χ4n) is 1.69. The van der Waals surface area contributed by atoms with E-state index >= 15 is 0 Å². The lowest BCUT2D eigenvalue weighted by Gasteiger charge is -2.11. The molecule has 0 aliphatic rings. The van der Waals surface area contributed by atoms with Crippen LogP contribution in [0.25, 0.3) is 0 Å². The summed E-state index contributed by atoms with van der Waals surface area (Å²) in [6.45, 7) is 0.136. The van der Waals surface area contributed by atoms with Crippen LogP contribution in [-0.2, 0) is 0 Å². The van der Waals surface area contributed by atoms with E-state index in [1.54, 1.807) is 18.2 Å². The van der Waals surface area contributed by atoms with Crippen molar-refractivity contribution in [3.63, 3.8) is 0 Å². The fraction of sp³-hybridized carbons (Fsp3) is 0.0625. The summed E-state index contributed by atoms with van der Waals surface area (Å²) in [6.07, 6.45) is 1.46. The standard InChI is InChI=1S/C16H9Cl5O3/c17-10-3-1-2-9(6-10)16(22)24-15-12(18)7-11(8-13(15)19)23-5-4-14(20)21/h1-4,6-8H,5H2. The van der Waals surface area contributed by atoms with Crippen molar-refractivity contribution in [2.45, 2.75) is 0 Å². The van der Waals surface area contributed by atoms with Crippen molar-refractivity contribution in [1.29, 1.82) is 0 Å². The number of benzene rings is 2. The maximum absolute atomic E-state index is 12.1. The maximum atomic E-state index is 12.1. The Bertz CT molecular complexity index is 762. The van der Waals surface area contributed by atoms with Crippen molar-refractivity contribution in [3.8, 4) is 11.5 Å². The number of hydrogen-bond donors (Lipinski definition) is 0. The second-order valence-corrected chi connectivity index (χ2v) is 6.68. The van der Waals surface area contributed by atoms with Gasteiger partial charge in [-0.1, -0.05) is 64.1 Å². The van der Waals surface area contributed by atoms with Crippen molar-refractivity contribution in [2.75, 3.05) is 6.61 Å². The molecule has 2 aromatic carbocycles. The molecule has 0 heterocycles. The van der Waals surface area contributed by atoms with Crippen molar-refractivity contribution in [1.82, 2.24) is 0 Å². The summed E-state index contributed by atoms with van der Waals surface area (Å²) in [7, 11) is 0. The van der Waals surface area contributed by atoms with Crippen molar-refractivity contribution in [3.05, 3.63) is 67.6 Å². The van der Waals surface area contributed by atoms with Gasteiger partial charge in [0.15, 0.2) is 5.75 Å². The topological polar surface area (TPSA) is 35.5 Å². The minimum atomic E-state index is -0.633. The Hall–Kier alpha value is -1.10. The van der Waals surface area contributed by atoms with Crippen LogP contribution in [0.15, 0.2) is 47.0 Å². The van der Waals surface area contributed by atoms with Crippen molar-refractivity contribution < 1.29 is 14.3 Å². The molecular formula is C16H9Cl5O3. The molecule has 0 spiro atoms. The molecule has 2 aromatic rings. The third-order valence-corrected chi connectivity index (χ3v) is 3.82. The first-order valence-electron chi connectivity index (χ1n) is 6.47. The number of carbonyl (C=O) groups excluding carboxylic acids is 1. The predicted molar refractivity (Wildman–Crippen MR) is 98.2 cm³/mol. The molecule has 0 radical (unpaired) electrons. The van der Waals surface area contributed by atoms with E-state index < -0.39 is 5.97 Å². The lowest BCUT2D eigenvalue weighted by molar-refractivity contribution is 0.0735. The Morgan fingerprint density at radius 3 is 2.29 bits per heavy atom. The number of ether oxygens (including phenoxy) is 2. The first-order valence-corrected chi connectivity index (χ1v) is 8.36. The SMILES string of the molecule is O=C(Oc1c(Cl)cc(OCC=C(Cl)Cl)cc1Cl)c1cccc(Cl)c1. The minimum absolute atomic E-state index is 0.0292. The van der Waals surface area contributed by atoms with Gasteiger partial charge in [-0.3, -0.25) is 0 Å². The maximum Gasteiger partial charge on any atom is 0.343 e. The Balaban J connectivity index is 2.16. The van der Waals surface area contributed by atoms with Crippen LogP contribution in [0.3, 0.4) is 0 Å². The van der Waals surface area contributed by atoms with Gasteiger partial charge in [0.25, 0.3) is 0 Å². The van der Waals surface area contributed by atoms with Gasteiger partial charge in [-0.2, -0.15) is 0 Å². The first-order chi connectivity index (χ1) is 11.4. The van der Waals surface area contributed by atoms with E-state index in [4.69, 9.17) is 67.5 Å². The van der Waals surface area contributed by atoms with Gasteiger partial charge in [-0.05, 0) is 24.3 Å². The lowest BCUT2D eigenvalue weighted by atomic mass is 10.2. The number of hydrogen-bond acceptors (Lipinski definition) is 3. The molecule has 24 heavy (non-hydrogen) atoms. The quantitative estimate of drug-likeness (QED) is 0.401. The minimum Gasteiger partial charge on any atom is -0.489 e. The molecule has 0 bridgehead atoms. The van der Waals surface area contributed by atoms with Gasteiger partial charge in [0.2, 0.25) is 0 Å². The molecule has 0 saturated heterocycles. The van der Waals surface area contributed by atoms with Gasteiger partial charge in [-0.25, -0.2) is 4.79 Å². The Labute approximate surface area is 163 Å². The average molecular weight is 427 g/mol. The Morgan fingerprint density at radius 1 is 1.04 bits per heavy atom. The molecule has 0 aromatic heterocycles. The zero-order valence-electron chi connectivity index (χ0n) is 11.9. The van der Waals surface area contributed by atoms with Gasteiger partial charge in [0.1, 0.15) is 16.8 Å². The van der Waals surface area contributed by atoms with Gasteiger partial charge in [0, 0.05) is 17.2 Å². The van der Waals surface area contributed by atoms with Crippen LogP contribution in [0.5, 0.6) is 11.5 Å². The van der Waals surface area contributed by atoms with Crippen LogP contribution >= 0.6 is 58.0 Å².